The summed E-state index contributed by atoms with van der Waals surface area (Å²) in [5.74, 6) is 0. The molecule has 0 atom stereocenters. The summed E-state index contributed by atoms with van der Waals surface area (Å²) in [6, 6.07) is 0. The van der Waals surface area contributed by atoms with E-state index in [9.17, 15) is 4.79 Å². The lowest BCUT2D eigenvalue weighted by Crippen LogP contribution is -1.91. The maximum atomic E-state index is 9.88. The van der Waals surface area contributed by atoms with Crippen molar-refractivity contribution in [3.8, 4) is 0 Å². The molecular weight excluding hydrogens is 212 g/mol. The zero-order valence-electron chi connectivity index (χ0n) is 11.3. The molecule has 0 heterocycles. The highest BCUT2D eigenvalue weighted by Crippen LogP contribution is 2.08. The molecule has 0 unspecified atom stereocenters. The molecule has 2 heteroatoms. The van der Waals surface area contributed by atoms with Gasteiger partial charge in [0.2, 0.25) is 0 Å². The lowest BCUT2D eigenvalue weighted by atomic mass is 10.1. The van der Waals surface area contributed by atoms with Gasteiger partial charge in [0.15, 0.2) is 0 Å². The van der Waals surface area contributed by atoms with Crippen molar-refractivity contribution in [2.45, 2.75) is 71.1 Å². The number of unbranched alkanes of at least 4 members (excludes halogenated alkanes) is 8. The van der Waals surface area contributed by atoms with Crippen molar-refractivity contribution < 1.29 is 9.53 Å². The quantitative estimate of drug-likeness (QED) is 0.266. The van der Waals surface area contributed by atoms with Crippen LogP contribution >= 0.6 is 0 Å². The molecule has 0 saturated heterocycles. The van der Waals surface area contributed by atoms with E-state index in [1.165, 1.54) is 57.8 Å². The number of hydrogen-bond acceptors (Lipinski definition) is 2. The summed E-state index contributed by atoms with van der Waals surface area (Å²) in [5.41, 5.74) is 0. The van der Waals surface area contributed by atoms with Gasteiger partial charge in [-0.15, -0.1) is 0 Å². The van der Waals surface area contributed by atoms with E-state index in [1.807, 2.05) is 0 Å². The van der Waals surface area contributed by atoms with Gasteiger partial charge in [0.25, 0.3) is 6.47 Å². The normalized spacial score (nSPS) is 10.9. The Labute approximate surface area is 106 Å². The Morgan fingerprint density at radius 2 is 1.41 bits per heavy atom. The van der Waals surface area contributed by atoms with E-state index in [4.69, 9.17) is 0 Å². The summed E-state index contributed by atoms with van der Waals surface area (Å²) in [5, 5.41) is 0. The van der Waals surface area contributed by atoms with Crippen LogP contribution in [0.3, 0.4) is 0 Å². The number of hydrogen-bond donors (Lipinski definition) is 0. The number of carbonyl (C=O) groups excluding carboxylic acids is 1. The van der Waals surface area contributed by atoms with E-state index >= 15 is 0 Å². The second-order valence-corrected chi connectivity index (χ2v) is 4.49. The Morgan fingerprint density at radius 1 is 0.824 bits per heavy atom. The molecule has 0 saturated carbocycles. The molecule has 0 fully saturated rings. The molecule has 0 amide bonds. The topological polar surface area (TPSA) is 26.3 Å². The third-order valence-corrected chi connectivity index (χ3v) is 2.84. The minimum atomic E-state index is 0.533. The first-order chi connectivity index (χ1) is 8.41. The van der Waals surface area contributed by atoms with Crippen LogP contribution in [0.2, 0.25) is 0 Å². The summed E-state index contributed by atoms with van der Waals surface area (Å²) >= 11 is 0. The average Bonchev–Trinajstić information content (AvgIpc) is 2.35. The van der Waals surface area contributed by atoms with Crippen molar-refractivity contribution in [2.75, 3.05) is 6.61 Å². The fraction of sp³-hybridized carbons (Fsp3) is 0.800. The van der Waals surface area contributed by atoms with Gasteiger partial charge in [-0.1, -0.05) is 57.6 Å². The average molecular weight is 240 g/mol. The zero-order chi connectivity index (χ0) is 12.6. The SMILES string of the molecule is CCCCC=CCCCCCCCCOC=O. The molecule has 0 aliphatic heterocycles. The second-order valence-electron chi connectivity index (χ2n) is 4.49. The van der Waals surface area contributed by atoms with Gasteiger partial charge in [0.1, 0.15) is 0 Å². The predicted octanol–water partition coefficient (Wildman–Crippen LogP) is 4.64. The molecule has 0 aromatic carbocycles. The van der Waals surface area contributed by atoms with Crippen molar-refractivity contribution >= 4 is 6.47 Å². The van der Waals surface area contributed by atoms with Gasteiger partial charge in [-0.25, -0.2) is 0 Å². The first-order valence-electron chi connectivity index (χ1n) is 7.12. The Balaban J connectivity index is 2.98. The van der Waals surface area contributed by atoms with Crippen molar-refractivity contribution in [1.82, 2.24) is 0 Å². The third-order valence-electron chi connectivity index (χ3n) is 2.84. The summed E-state index contributed by atoms with van der Waals surface area (Å²) in [6.07, 6.45) is 17.1. The lowest BCUT2D eigenvalue weighted by molar-refractivity contribution is -0.128. The highest BCUT2D eigenvalue weighted by atomic mass is 16.5. The van der Waals surface area contributed by atoms with Gasteiger partial charge in [-0.05, 0) is 25.7 Å². The van der Waals surface area contributed by atoms with E-state index in [2.05, 4.69) is 23.8 Å². The van der Waals surface area contributed by atoms with Crippen LogP contribution in [0.1, 0.15) is 71.1 Å². The van der Waals surface area contributed by atoms with Crippen LogP contribution in [0.5, 0.6) is 0 Å². The van der Waals surface area contributed by atoms with E-state index in [1.54, 1.807) is 0 Å². The molecule has 0 aliphatic carbocycles. The van der Waals surface area contributed by atoms with E-state index in [0.717, 1.165) is 6.42 Å². The van der Waals surface area contributed by atoms with Crippen LogP contribution in [0.25, 0.3) is 0 Å². The second kappa shape index (κ2) is 15.2. The fourth-order valence-corrected chi connectivity index (χ4v) is 1.76. The van der Waals surface area contributed by atoms with Crippen LogP contribution in [-0.2, 0) is 9.53 Å². The van der Waals surface area contributed by atoms with Gasteiger partial charge in [0.05, 0.1) is 6.61 Å². The predicted molar refractivity (Wildman–Crippen MR) is 73.0 cm³/mol. The van der Waals surface area contributed by atoms with Gasteiger partial charge >= 0.3 is 0 Å². The molecule has 0 rings (SSSR count). The monoisotopic (exact) mass is 240 g/mol. The van der Waals surface area contributed by atoms with Crippen LogP contribution in [-0.4, -0.2) is 13.1 Å². The van der Waals surface area contributed by atoms with Crippen molar-refractivity contribution in [1.29, 1.82) is 0 Å². The standard InChI is InChI=1S/C15H28O2/c1-2-3-4-5-6-7-8-9-10-11-12-13-14-17-15-16/h5-6,15H,2-4,7-14H2,1H3. The van der Waals surface area contributed by atoms with E-state index in [0.29, 0.717) is 13.1 Å². The first kappa shape index (κ1) is 16.2. The van der Waals surface area contributed by atoms with Crippen LogP contribution in [0, 0.1) is 0 Å². The molecule has 0 aromatic rings. The van der Waals surface area contributed by atoms with Crippen LogP contribution in [0.4, 0.5) is 0 Å². The molecule has 100 valence electrons. The molecule has 0 aromatic heterocycles. The van der Waals surface area contributed by atoms with E-state index < -0.39 is 0 Å². The van der Waals surface area contributed by atoms with Crippen molar-refractivity contribution in [2.24, 2.45) is 0 Å². The molecule has 2 nitrogen and oxygen atoms in total. The fourth-order valence-electron chi connectivity index (χ4n) is 1.76. The highest BCUT2D eigenvalue weighted by Gasteiger charge is 1.91. The lowest BCUT2D eigenvalue weighted by Gasteiger charge is -2.00. The maximum absolute atomic E-state index is 9.88. The highest BCUT2D eigenvalue weighted by molar-refractivity contribution is 5.36. The van der Waals surface area contributed by atoms with Gasteiger partial charge in [-0.3, -0.25) is 4.79 Å². The number of rotatable bonds is 13. The summed E-state index contributed by atoms with van der Waals surface area (Å²) < 4.78 is 4.64. The molecule has 0 aliphatic rings. The van der Waals surface area contributed by atoms with E-state index in [-0.39, 0.29) is 0 Å². The molecule has 17 heavy (non-hydrogen) atoms. The number of allylic oxidation sites excluding steroid dienone is 2. The van der Waals surface area contributed by atoms with Crippen LogP contribution in [0.15, 0.2) is 12.2 Å². The van der Waals surface area contributed by atoms with Crippen molar-refractivity contribution in [3.63, 3.8) is 0 Å². The molecule has 0 bridgehead atoms. The number of carbonyl (C=O) groups is 1. The minimum absolute atomic E-state index is 0.533. The molecular formula is C15H28O2. The van der Waals surface area contributed by atoms with Crippen LogP contribution < -0.4 is 0 Å². The third kappa shape index (κ3) is 15.2. The van der Waals surface area contributed by atoms with Crippen molar-refractivity contribution in [3.05, 3.63) is 12.2 Å². The Kier molecular flexibility index (Phi) is 14.5. The largest absolute Gasteiger partial charge is 0.468 e. The van der Waals surface area contributed by atoms with Gasteiger partial charge in [0, 0.05) is 0 Å². The molecule has 0 N–H and O–H groups in total. The summed E-state index contributed by atoms with van der Waals surface area (Å²) in [7, 11) is 0. The van der Waals surface area contributed by atoms with Gasteiger partial charge in [-0.2, -0.15) is 0 Å². The number of ether oxygens (including phenoxy) is 1. The summed E-state index contributed by atoms with van der Waals surface area (Å²) in [4.78, 5) is 9.88. The Hall–Kier alpha value is -0.790. The summed E-state index contributed by atoms with van der Waals surface area (Å²) in [6.45, 7) is 3.35. The molecule has 0 radical (unpaired) electrons. The molecule has 0 spiro atoms. The smallest absolute Gasteiger partial charge is 0.293 e. The first-order valence-corrected chi connectivity index (χ1v) is 7.12. The Morgan fingerprint density at radius 3 is 2.06 bits per heavy atom. The zero-order valence-corrected chi connectivity index (χ0v) is 11.3. The maximum Gasteiger partial charge on any atom is 0.293 e. The minimum Gasteiger partial charge on any atom is -0.468 e. The Bertz CT molecular complexity index is 176. The van der Waals surface area contributed by atoms with Gasteiger partial charge < -0.3 is 4.74 Å².